The molecule has 10 heavy (non-hydrogen) atoms. The average Bonchev–Trinajstić information content (AvgIpc) is 2.01. The minimum Gasteiger partial charge on any atom is -0.480 e. The van der Waals surface area contributed by atoms with Gasteiger partial charge in [0.15, 0.2) is 0 Å². The van der Waals surface area contributed by atoms with Crippen molar-refractivity contribution in [3.63, 3.8) is 0 Å². The fraction of sp³-hybridized carbons (Fsp3) is 0.600. The molecule has 2 unspecified atom stereocenters. The number of hydrogen-bond donors (Lipinski definition) is 3. The van der Waals surface area contributed by atoms with Crippen LogP contribution < -0.4 is 11.5 Å². The molecule has 5 N–H and O–H groups in total. The molecule has 0 spiro atoms. The molecular weight excluding hydrogens is 136 g/mol. The van der Waals surface area contributed by atoms with Crippen molar-refractivity contribution < 1.29 is 18.8 Å². The molecule has 0 heterocycles. The van der Waals surface area contributed by atoms with Gasteiger partial charge in [0.1, 0.15) is 6.02 Å². The number of carbonyl (C=O) groups is 2. The molecule has 0 aliphatic carbocycles. The standard InChI is InChI=1S/C5H10N2O3/c6-3(5(9)10)1-2-4(7)8/h3H,1-2,6H2,(H2,7,8)(H,9,10)/t3-/m0/s1/i1D,2D,3D/t1?,2?,3-. The van der Waals surface area contributed by atoms with Gasteiger partial charge in [0.05, 0.1) is 1.37 Å². The highest BCUT2D eigenvalue weighted by Gasteiger charge is 2.11. The first-order valence-electron chi connectivity index (χ1n) is 4.02. The predicted octanol–water partition coefficient (Wildman–Crippen LogP) is -1.34. The third-order valence-corrected chi connectivity index (χ3v) is 0.674. The molecule has 5 nitrogen and oxygen atoms in total. The van der Waals surface area contributed by atoms with E-state index in [-0.39, 0.29) is 0 Å². The zero-order chi connectivity index (χ0) is 10.8. The Balaban J connectivity index is 4.67. The smallest absolute Gasteiger partial charge is 0.320 e. The first-order valence-corrected chi connectivity index (χ1v) is 2.37. The van der Waals surface area contributed by atoms with E-state index in [2.05, 4.69) is 5.73 Å². The molecule has 0 fully saturated rings. The van der Waals surface area contributed by atoms with Crippen molar-refractivity contribution in [2.45, 2.75) is 18.8 Å². The largest absolute Gasteiger partial charge is 0.480 e. The van der Waals surface area contributed by atoms with Crippen LogP contribution in [0.1, 0.15) is 16.9 Å². The summed E-state index contributed by atoms with van der Waals surface area (Å²) in [6.45, 7) is 0. The summed E-state index contributed by atoms with van der Waals surface area (Å²) in [6, 6.07) is -2.69. The number of hydrogen-bond acceptors (Lipinski definition) is 3. The summed E-state index contributed by atoms with van der Waals surface area (Å²) < 4.78 is 21.0. The Hall–Kier alpha value is -1.10. The van der Waals surface area contributed by atoms with Gasteiger partial charge in [-0.05, 0) is 6.40 Å². The van der Waals surface area contributed by atoms with Crippen LogP contribution in [0.2, 0.25) is 0 Å². The second-order valence-corrected chi connectivity index (χ2v) is 1.50. The third-order valence-electron chi connectivity index (χ3n) is 0.674. The number of carbonyl (C=O) groups excluding carboxylic acids is 1. The lowest BCUT2D eigenvalue weighted by Gasteiger charge is -2.01. The molecule has 0 aromatic rings. The second-order valence-electron chi connectivity index (χ2n) is 1.50. The van der Waals surface area contributed by atoms with Crippen molar-refractivity contribution in [2.24, 2.45) is 11.5 Å². The monoisotopic (exact) mass is 149 g/mol. The number of amides is 1. The third kappa shape index (κ3) is 3.85. The summed E-state index contributed by atoms with van der Waals surface area (Å²) in [6.07, 6.45) is -3.74. The number of nitrogens with two attached hydrogens (primary N) is 2. The summed E-state index contributed by atoms with van der Waals surface area (Å²) in [5.41, 5.74) is 9.55. The Kier molecular flexibility index (Phi) is 1.79. The van der Waals surface area contributed by atoms with Crippen LogP contribution in [0, 0.1) is 0 Å². The van der Waals surface area contributed by atoms with Gasteiger partial charge in [0, 0.05) is 9.14 Å². The zero-order valence-electron chi connectivity index (χ0n) is 8.07. The van der Waals surface area contributed by atoms with Crippen molar-refractivity contribution in [2.75, 3.05) is 0 Å². The van der Waals surface area contributed by atoms with Gasteiger partial charge in [0.2, 0.25) is 5.91 Å². The molecule has 0 saturated heterocycles. The highest BCUT2D eigenvalue weighted by Crippen LogP contribution is 1.92. The zero-order valence-corrected chi connectivity index (χ0v) is 5.07. The van der Waals surface area contributed by atoms with E-state index < -0.39 is 30.7 Å². The molecule has 0 saturated carbocycles. The van der Waals surface area contributed by atoms with Crippen molar-refractivity contribution >= 4 is 11.9 Å². The van der Waals surface area contributed by atoms with Crippen molar-refractivity contribution in [1.82, 2.24) is 0 Å². The molecule has 0 radical (unpaired) electrons. The van der Waals surface area contributed by atoms with Crippen molar-refractivity contribution in [1.29, 1.82) is 0 Å². The van der Waals surface area contributed by atoms with E-state index >= 15 is 0 Å². The molecule has 0 rings (SSSR count). The highest BCUT2D eigenvalue weighted by molar-refractivity contribution is 5.76. The summed E-state index contributed by atoms with van der Waals surface area (Å²) in [4.78, 5) is 20.7. The van der Waals surface area contributed by atoms with E-state index in [1.807, 2.05) is 0 Å². The Labute approximate surface area is 62.2 Å². The van der Waals surface area contributed by atoms with E-state index in [0.717, 1.165) is 0 Å². The molecule has 5 heteroatoms. The maximum atomic E-state index is 10.4. The Morgan fingerprint density at radius 1 is 1.80 bits per heavy atom. The van der Waals surface area contributed by atoms with Crippen LogP contribution in [0.15, 0.2) is 0 Å². The first kappa shape index (κ1) is 4.68. The molecule has 0 aromatic carbocycles. The lowest BCUT2D eigenvalue weighted by atomic mass is 10.2. The Morgan fingerprint density at radius 2 is 2.30 bits per heavy atom. The van der Waals surface area contributed by atoms with Gasteiger partial charge in [0.25, 0.3) is 0 Å². The molecule has 0 bridgehead atoms. The van der Waals surface area contributed by atoms with Gasteiger partial charge in [-0.25, -0.2) is 0 Å². The first-order chi connectivity index (χ1) is 5.71. The molecule has 0 aliphatic heterocycles. The summed E-state index contributed by atoms with van der Waals surface area (Å²) in [5, 5.41) is 8.37. The summed E-state index contributed by atoms with van der Waals surface area (Å²) in [5.74, 6) is -2.95. The van der Waals surface area contributed by atoms with Crippen LogP contribution in [0.25, 0.3) is 0 Å². The van der Waals surface area contributed by atoms with Crippen LogP contribution in [0.5, 0.6) is 0 Å². The molecular formula is C5H10N2O3. The Morgan fingerprint density at radius 3 is 2.60 bits per heavy atom. The number of primary amides is 1. The van der Waals surface area contributed by atoms with E-state index in [4.69, 9.17) is 15.0 Å². The predicted molar refractivity (Wildman–Crippen MR) is 34.0 cm³/mol. The van der Waals surface area contributed by atoms with Crippen LogP contribution >= 0.6 is 0 Å². The van der Waals surface area contributed by atoms with Gasteiger partial charge in [-0.15, -0.1) is 0 Å². The molecule has 3 atom stereocenters. The molecule has 0 aromatic heterocycles. The fourth-order valence-corrected chi connectivity index (χ4v) is 0.243. The van der Waals surface area contributed by atoms with Crippen LogP contribution in [-0.2, 0) is 9.59 Å². The normalized spacial score (nSPS) is 26.3. The highest BCUT2D eigenvalue weighted by atomic mass is 16.4. The maximum Gasteiger partial charge on any atom is 0.320 e. The number of aliphatic carboxylic acids is 1. The van der Waals surface area contributed by atoms with Crippen LogP contribution in [0.3, 0.4) is 0 Å². The van der Waals surface area contributed by atoms with Gasteiger partial charge in [-0.1, -0.05) is 0 Å². The topological polar surface area (TPSA) is 106 Å². The number of carboxylic acids is 1. The number of carboxylic acid groups (broad SMARTS) is 1. The van der Waals surface area contributed by atoms with Crippen LogP contribution in [0.4, 0.5) is 0 Å². The van der Waals surface area contributed by atoms with Crippen molar-refractivity contribution in [3.05, 3.63) is 0 Å². The van der Waals surface area contributed by atoms with Gasteiger partial charge in [-0.3, -0.25) is 9.59 Å². The molecule has 0 aliphatic rings. The Bertz CT molecular complexity index is 233. The fourth-order valence-electron chi connectivity index (χ4n) is 0.243. The lowest BCUT2D eigenvalue weighted by Crippen LogP contribution is -2.31. The SMILES string of the molecule is [2H]C(C(N)=O)C([2H])[C@]([2H])(N)C(=O)O. The molecule has 1 amide bonds. The van der Waals surface area contributed by atoms with Crippen LogP contribution in [-0.4, -0.2) is 23.0 Å². The summed E-state index contributed by atoms with van der Waals surface area (Å²) >= 11 is 0. The van der Waals surface area contributed by atoms with E-state index in [1.54, 1.807) is 0 Å². The quantitative estimate of drug-likeness (QED) is 0.460. The van der Waals surface area contributed by atoms with Gasteiger partial charge < -0.3 is 16.6 Å². The number of rotatable bonds is 4. The minimum atomic E-state index is -2.69. The molecule has 58 valence electrons. The lowest BCUT2D eigenvalue weighted by molar-refractivity contribution is -0.138. The van der Waals surface area contributed by atoms with Gasteiger partial charge in [-0.2, -0.15) is 0 Å². The summed E-state index contributed by atoms with van der Waals surface area (Å²) in [7, 11) is 0. The van der Waals surface area contributed by atoms with E-state index in [0.29, 0.717) is 0 Å². The van der Waals surface area contributed by atoms with Crippen molar-refractivity contribution in [3.8, 4) is 0 Å². The second kappa shape index (κ2) is 3.84. The minimum absolute atomic E-state index is 1.18. The maximum absolute atomic E-state index is 10.4. The average molecular weight is 149 g/mol. The van der Waals surface area contributed by atoms with Gasteiger partial charge >= 0.3 is 5.97 Å². The van der Waals surface area contributed by atoms with E-state index in [1.165, 1.54) is 0 Å². The van der Waals surface area contributed by atoms with E-state index in [9.17, 15) is 9.59 Å².